The summed E-state index contributed by atoms with van der Waals surface area (Å²) < 4.78 is 0. The number of hydrogen-bond acceptors (Lipinski definition) is 6. The number of nitrogens with one attached hydrogen (secondary N) is 1. The molecule has 4 rings (SSSR count). The molecule has 8 nitrogen and oxygen atoms in total. The van der Waals surface area contributed by atoms with Crippen molar-refractivity contribution in [1.29, 1.82) is 0 Å². The fraction of sp³-hybridized carbons (Fsp3) is 0.261. The average Bonchev–Trinajstić information content (AvgIpc) is 2.81. The molecule has 8 heteroatoms. The Morgan fingerprint density at radius 3 is 2.55 bits per heavy atom. The number of aryl methyl sites for hydroxylation is 1. The van der Waals surface area contributed by atoms with Crippen molar-refractivity contribution in [2.24, 2.45) is 5.92 Å². The highest BCUT2D eigenvalue weighted by Crippen LogP contribution is 2.30. The normalized spacial score (nSPS) is 14.3. The van der Waals surface area contributed by atoms with Crippen LogP contribution >= 0.6 is 0 Å². The Morgan fingerprint density at radius 1 is 1.10 bits per heavy atom. The second kappa shape index (κ2) is 8.91. The highest BCUT2D eigenvalue weighted by atomic mass is 16.6. The number of piperidine rings is 1. The molecule has 158 valence electrons. The van der Waals surface area contributed by atoms with Crippen LogP contribution in [0, 0.1) is 23.0 Å². The molecule has 3 aromatic rings. The molecule has 1 aliphatic heterocycles. The molecule has 1 saturated heterocycles. The molecule has 0 spiro atoms. The summed E-state index contributed by atoms with van der Waals surface area (Å²) >= 11 is 0. The molecule has 0 unspecified atom stereocenters. The first-order valence-electron chi connectivity index (χ1n) is 10.2. The van der Waals surface area contributed by atoms with Crippen molar-refractivity contribution in [3.8, 4) is 11.3 Å². The second-order valence-electron chi connectivity index (χ2n) is 7.60. The summed E-state index contributed by atoms with van der Waals surface area (Å²) in [6, 6.07) is 16.7. The predicted molar refractivity (Wildman–Crippen MR) is 119 cm³/mol. The summed E-state index contributed by atoms with van der Waals surface area (Å²) in [6.07, 6.45) is 2.86. The Hall–Kier alpha value is -3.81. The Bertz CT molecular complexity index is 1100. The van der Waals surface area contributed by atoms with Gasteiger partial charge in [-0.1, -0.05) is 42.5 Å². The van der Waals surface area contributed by atoms with Crippen LogP contribution in [0.25, 0.3) is 11.3 Å². The fourth-order valence-corrected chi connectivity index (χ4v) is 3.85. The van der Waals surface area contributed by atoms with E-state index in [1.165, 1.54) is 6.07 Å². The first-order valence-corrected chi connectivity index (χ1v) is 10.2. The summed E-state index contributed by atoms with van der Waals surface area (Å²) in [6.45, 7) is 3.11. The zero-order chi connectivity index (χ0) is 21.8. The van der Waals surface area contributed by atoms with Crippen LogP contribution in [0.3, 0.4) is 0 Å². The Kier molecular flexibility index (Phi) is 5.88. The Morgan fingerprint density at radius 2 is 1.84 bits per heavy atom. The molecule has 0 radical (unpaired) electrons. The van der Waals surface area contributed by atoms with Crippen molar-refractivity contribution in [2.45, 2.75) is 19.8 Å². The molecule has 0 aliphatic carbocycles. The topological polar surface area (TPSA) is 101 Å². The molecular formula is C23H23N5O3. The predicted octanol–water partition coefficient (Wildman–Crippen LogP) is 4.22. The smallest absolute Gasteiger partial charge is 0.293 e. The first-order chi connectivity index (χ1) is 15.0. The quantitative estimate of drug-likeness (QED) is 0.493. The summed E-state index contributed by atoms with van der Waals surface area (Å²) in [5.74, 6) is 0.456. The van der Waals surface area contributed by atoms with Gasteiger partial charge in [0.05, 0.1) is 10.6 Å². The van der Waals surface area contributed by atoms with Gasteiger partial charge in [-0.15, -0.1) is 0 Å². The van der Waals surface area contributed by atoms with Gasteiger partial charge in [0.2, 0.25) is 5.91 Å². The van der Waals surface area contributed by atoms with Crippen molar-refractivity contribution < 1.29 is 9.72 Å². The third-order valence-corrected chi connectivity index (χ3v) is 5.61. The largest absolute Gasteiger partial charge is 0.356 e. The van der Waals surface area contributed by atoms with Gasteiger partial charge in [-0.2, -0.15) is 0 Å². The van der Waals surface area contributed by atoms with Crippen LogP contribution in [-0.4, -0.2) is 33.9 Å². The summed E-state index contributed by atoms with van der Waals surface area (Å²) in [5, 5.41) is 14.1. The minimum Gasteiger partial charge on any atom is -0.356 e. The van der Waals surface area contributed by atoms with Crippen molar-refractivity contribution in [3.05, 3.63) is 76.6 Å². The maximum atomic E-state index is 12.8. The van der Waals surface area contributed by atoms with Crippen LogP contribution in [0.5, 0.6) is 0 Å². The first kappa shape index (κ1) is 20.5. The molecule has 2 heterocycles. The van der Waals surface area contributed by atoms with E-state index in [2.05, 4.69) is 20.2 Å². The standard InChI is InChI=1S/C23H23N5O3/c1-16-6-5-9-20(28(30)31)22(16)26-23(29)18-10-12-27(13-11-18)21-14-19(24-15-25-21)17-7-3-2-4-8-17/h2-9,14-15,18H,10-13H2,1H3,(H,26,29). The summed E-state index contributed by atoms with van der Waals surface area (Å²) in [4.78, 5) is 34.6. The number of amides is 1. The zero-order valence-corrected chi connectivity index (χ0v) is 17.2. The minimum absolute atomic E-state index is 0.0831. The van der Waals surface area contributed by atoms with Crippen molar-refractivity contribution in [3.63, 3.8) is 0 Å². The van der Waals surface area contributed by atoms with Gasteiger partial charge in [0.25, 0.3) is 5.69 Å². The lowest BCUT2D eigenvalue weighted by atomic mass is 9.95. The molecule has 2 aromatic carbocycles. The van der Waals surface area contributed by atoms with Gasteiger partial charge in [-0.05, 0) is 25.3 Å². The summed E-state index contributed by atoms with van der Waals surface area (Å²) in [5.41, 5.74) is 2.76. The number of carbonyl (C=O) groups is 1. The number of nitro groups is 1. The number of aromatic nitrogens is 2. The van der Waals surface area contributed by atoms with Crippen LogP contribution in [0.2, 0.25) is 0 Å². The van der Waals surface area contributed by atoms with Gasteiger partial charge in [0.15, 0.2) is 0 Å². The van der Waals surface area contributed by atoms with E-state index in [4.69, 9.17) is 0 Å². The van der Waals surface area contributed by atoms with Crippen LogP contribution in [0.1, 0.15) is 18.4 Å². The maximum absolute atomic E-state index is 12.8. The third kappa shape index (κ3) is 4.53. The number of para-hydroxylation sites is 1. The molecule has 1 aromatic heterocycles. The van der Waals surface area contributed by atoms with Crippen LogP contribution in [0.4, 0.5) is 17.2 Å². The van der Waals surface area contributed by atoms with Crippen molar-refractivity contribution in [2.75, 3.05) is 23.3 Å². The van der Waals surface area contributed by atoms with E-state index in [0.29, 0.717) is 31.5 Å². The third-order valence-electron chi connectivity index (χ3n) is 5.61. The minimum atomic E-state index is -0.468. The van der Waals surface area contributed by atoms with E-state index in [1.807, 2.05) is 36.4 Å². The zero-order valence-electron chi connectivity index (χ0n) is 17.2. The van der Waals surface area contributed by atoms with Crippen molar-refractivity contribution in [1.82, 2.24) is 9.97 Å². The molecular weight excluding hydrogens is 394 g/mol. The number of anilines is 2. The number of nitrogens with zero attached hydrogens (tertiary/aromatic N) is 4. The van der Waals surface area contributed by atoms with E-state index in [0.717, 1.165) is 17.1 Å². The average molecular weight is 417 g/mol. The molecule has 1 fully saturated rings. The highest BCUT2D eigenvalue weighted by molar-refractivity contribution is 5.95. The molecule has 0 atom stereocenters. The lowest BCUT2D eigenvalue weighted by Gasteiger charge is -2.32. The van der Waals surface area contributed by atoms with Crippen LogP contribution in [0.15, 0.2) is 60.9 Å². The van der Waals surface area contributed by atoms with E-state index in [9.17, 15) is 14.9 Å². The lowest BCUT2D eigenvalue weighted by Crippen LogP contribution is -2.38. The van der Waals surface area contributed by atoms with Gasteiger partial charge in [0.1, 0.15) is 17.8 Å². The lowest BCUT2D eigenvalue weighted by molar-refractivity contribution is -0.384. The van der Waals surface area contributed by atoms with Crippen molar-refractivity contribution >= 4 is 23.1 Å². The molecule has 1 aliphatic rings. The number of rotatable bonds is 5. The molecule has 1 amide bonds. The SMILES string of the molecule is Cc1cccc([N+](=O)[O-])c1NC(=O)C1CCN(c2cc(-c3ccccc3)ncn2)CC1. The molecule has 1 N–H and O–H groups in total. The van der Waals surface area contributed by atoms with E-state index in [1.54, 1.807) is 25.4 Å². The van der Waals surface area contributed by atoms with Gasteiger partial charge in [-0.3, -0.25) is 14.9 Å². The van der Waals surface area contributed by atoms with Gasteiger partial charge in [-0.25, -0.2) is 9.97 Å². The number of benzene rings is 2. The summed E-state index contributed by atoms with van der Waals surface area (Å²) in [7, 11) is 0. The monoisotopic (exact) mass is 417 g/mol. The molecule has 31 heavy (non-hydrogen) atoms. The van der Waals surface area contributed by atoms with Crippen LogP contribution in [-0.2, 0) is 4.79 Å². The molecule has 0 saturated carbocycles. The van der Waals surface area contributed by atoms with Gasteiger partial charge >= 0.3 is 0 Å². The number of hydrogen-bond donors (Lipinski definition) is 1. The maximum Gasteiger partial charge on any atom is 0.293 e. The Balaban J connectivity index is 1.42. The second-order valence-corrected chi connectivity index (χ2v) is 7.60. The van der Waals surface area contributed by atoms with E-state index in [-0.39, 0.29) is 23.2 Å². The molecule has 0 bridgehead atoms. The number of carbonyl (C=O) groups excluding carboxylic acids is 1. The van der Waals surface area contributed by atoms with E-state index >= 15 is 0 Å². The number of nitro benzene ring substituents is 1. The fourth-order valence-electron chi connectivity index (χ4n) is 3.85. The van der Waals surface area contributed by atoms with Gasteiger partial charge in [0, 0.05) is 36.7 Å². The van der Waals surface area contributed by atoms with E-state index < -0.39 is 4.92 Å². The van der Waals surface area contributed by atoms with Gasteiger partial charge < -0.3 is 10.2 Å². The highest BCUT2D eigenvalue weighted by Gasteiger charge is 2.28. The Labute approximate surface area is 180 Å². The van der Waals surface area contributed by atoms with Crippen LogP contribution < -0.4 is 10.2 Å².